The van der Waals surface area contributed by atoms with Crippen molar-refractivity contribution < 1.29 is 4.79 Å². The molecule has 0 spiro atoms. The van der Waals surface area contributed by atoms with E-state index in [1.165, 1.54) is 6.42 Å². The van der Waals surface area contributed by atoms with Crippen LogP contribution in [0.25, 0.3) is 0 Å². The minimum atomic E-state index is -0.00796. The molecule has 2 atom stereocenters. The van der Waals surface area contributed by atoms with Gasteiger partial charge in [-0.2, -0.15) is 0 Å². The molecule has 2 unspecified atom stereocenters. The third-order valence-electron chi connectivity index (χ3n) is 3.18. The zero-order valence-electron chi connectivity index (χ0n) is 9.57. The smallest absolute Gasteiger partial charge is 0.251 e. The average Bonchev–Trinajstić information content (AvgIpc) is 2.64. The van der Waals surface area contributed by atoms with Crippen molar-refractivity contribution >= 4 is 11.6 Å². The van der Waals surface area contributed by atoms with Gasteiger partial charge in [0.2, 0.25) is 0 Å². The number of amides is 1. The van der Waals surface area contributed by atoms with Gasteiger partial charge in [-0.1, -0.05) is 13.0 Å². The van der Waals surface area contributed by atoms with Crippen molar-refractivity contribution in [2.24, 2.45) is 5.92 Å². The Kier molecular flexibility index (Phi) is 3.13. The number of nitrogen functional groups attached to an aromatic ring is 1. The van der Waals surface area contributed by atoms with E-state index in [-0.39, 0.29) is 5.91 Å². The molecule has 1 aliphatic carbocycles. The van der Waals surface area contributed by atoms with E-state index in [0.717, 1.165) is 18.8 Å². The first-order chi connectivity index (χ1) is 7.65. The fourth-order valence-corrected chi connectivity index (χ4v) is 2.29. The monoisotopic (exact) mass is 218 g/mol. The van der Waals surface area contributed by atoms with E-state index < -0.39 is 0 Å². The minimum absolute atomic E-state index is 0.00796. The van der Waals surface area contributed by atoms with E-state index in [0.29, 0.717) is 17.3 Å². The van der Waals surface area contributed by atoms with E-state index in [4.69, 9.17) is 5.73 Å². The van der Waals surface area contributed by atoms with Crippen LogP contribution in [0.5, 0.6) is 0 Å². The summed E-state index contributed by atoms with van der Waals surface area (Å²) < 4.78 is 0. The van der Waals surface area contributed by atoms with Gasteiger partial charge < -0.3 is 11.1 Å². The Morgan fingerprint density at radius 3 is 2.88 bits per heavy atom. The molecule has 0 radical (unpaired) electrons. The van der Waals surface area contributed by atoms with Gasteiger partial charge in [0.05, 0.1) is 0 Å². The molecule has 1 amide bonds. The highest BCUT2D eigenvalue weighted by Crippen LogP contribution is 2.24. The third-order valence-corrected chi connectivity index (χ3v) is 3.18. The summed E-state index contributed by atoms with van der Waals surface area (Å²) in [4.78, 5) is 11.9. The second-order valence-electron chi connectivity index (χ2n) is 4.71. The number of rotatable bonds is 2. The maximum Gasteiger partial charge on any atom is 0.251 e. The first-order valence-corrected chi connectivity index (χ1v) is 5.81. The van der Waals surface area contributed by atoms with Crippen LogP contribution in [0, 0.1) is 5.92 Å². The third kappa shape index (κ3) is 2.54. The number of carbonyl (C=O) groups is 1. The van der Waals surface area contributed by atoms with E-state index in [2.05, 4.69) is 12.2 Å². The maximum absolute atomic E-state index is 11.9. The highest BCUT2D eigenvalue weighted by molar-refractivity contribution is 5.95. The summed E-state index contributed by atoms with van der Waals surface area (Å²) >= 11 is 0. The Bertz CT molecular complexity index is 389. The van der Waals surface area contributed by atoms with Crippen LogP contribution in [-0.2, 0) is 0 Å². The van der Waals surface area contributed by atoms with Crippen molar-refractivity contribution in [2.45, 2.75) is 32.2 Å². The van der Waals surface area contributed by atoms with Crippen LogP contribution in [0.3, 0.4) is 0 Å². The van der Waals surface area contributed by atoms with E-state index in [1.54, 1.807) is 18.2 Å². The molecule has 0 saturated heterocycles. The second-order valence-corrected chi connectivity index (χ2v) is 4.71. The normalized spacial score (nSPS) is 24.3. The van der Waals surface area contributed by atoms with Gasteiger partial charge in [0.25, 0.3) is 5.91 Å². The highest BCUT2D eigenvalue weighted by atomic mass is 16.1. The Morgan fingerprint density at radius 2 is 2.25 bits per heavy atom. The van der Waals surface area contributed by atoms with Crippen LogP contribution >= 0.6 is 0 Å². The number of hydrogen-bond acceptors (Lipinski definition) is 2. The molecular weight excluding hydrogens is 200 g/mol. The largest absolute Gasteiger partial charge is 0.399 e. The topological polar surface area (TPSA) is 55.1 Å². The second kappa shape index (κ2) is 4.56. The Hall–Kier alpha value is -1.51. The Morgan fingerprint density at radius 1 is 1.44 bits per heavy atom. The maximum atomic E-state index is 11.9. The Labute approximate surface area is 96.0 Å². The molecule has 3 heteroatoms. The lowest BCUT2D eigenvalue weighted by Crippen LogP contribution is -2.32. The van der Waals surface area contributed by atoms with Crippen molar-refractivity contribution in [2.75, 3.05) is 5.73 Å². The average molecular weight is 218 g/mol. The zero-order chi connectivity index (χ0) is 11.5. The highest BCUT2D eigenvalue weighted by Gasteiger charge is 2.22. The molecule has 1 fully saturated rings. The molecule has 3 N–H and O–H groups in total. The SMILES string of the molecule is CC1CCC(NC(=O)c2cccc(N)c2)C1. The number of nitrogens with one attached hydrogen (secondary N) is 1. The summed E-state index contributed by atoms with van der Waals surface area (Å²) in [6.45, 7) is 2.23. The summed E-state index contributed by atoms with van der Waals surface area (Å²) in [7, 11) is 0. The summed E-state index contributed by atoms with van der Waals surface area (Å²) in [5.41, 5.74) is 6.93. The number of nitrogens with two attached hydrogens (primary N) is 1. The lowest BCUT2D eigenvalue weighted by atomic mass is 10.1. The molecule has 0 aromatic heterocycles. The van der Waals surface area contributed by atoms with Crippen molar-refractivity contribution in [1.29, 1.82) is 0 Å². The van der Waals surface area contributed by atoms with Crippen LogP contribution < -0.4 is 11.1 Å². The molecular formula is C13H18N2O. The van der Waals surface area contributed by atoms with Gasteiger partial charge in [-0.05, 0) is 43.4 Å². The summed E-state index contributed by atoms with van der Waals surface area (Å²) in [6.07, 6.45) is 3.39. The number of carbonyl (C=O) groups excluding carboxylic acids is 1. The molecule has 3 nitrogen and oxygen atoms in total. The van der Waals surface area contributed by atoms with Crippen molar-refractivity contribution in [3.8, 4) is 0 Å². The standard InChI is InChI=1S/C13H18N2O/c1-9-5-6-12(7-9)15-13(16)10-3-2-4-11(14)8-10/h2-4,8-9,12H,5-7,14H2,1H3,(H,15,16). The van der Waals surface area contributed by atoms with Crippen molar-refractivity contribution in [3.63, 3.8) is 0 Å². The molecule has 0 aliphatic heterocycles. The van der Waals surface area contributed by atoms with Gasteiger partial charge in [-0.25, -0.2) is 0 Å². The summed E-state index contributed by atoms with van der Waals surface area (Å²) in [5.74, 6) is 0.720. The lowest BCUT2D eigenvalue weighted by molar-refractivity contribution is 0.0937. The molecule has 1 aromatic rings. The molecule has 1 aromatic carbocycles. The fraction of sp³-hybridized carbons (Fsp3) is 0.462. The van der Waals surface area contributed by atoms with Crippen LogP contribution in [0.15, 0.2) is 24.3 Å². The lowest BCUT2D eigenvalue weighted by Gasteiger charge is -2.12. The van der Waals surface area contributed by atoms with Gasteiger partial charge in [-0.3, -0.25) is 4.79 Å². The zero-order valence-corrected chi connectivity index (χ0v) is 9.57. The molecule has 1 saturated carbocycles. The first kappa shape index (κ1) is 11.0. The summed E-state index contributed by atoms with van der Waals surface area (Å²) in [6, 6.07) is 7.44. The molecule has 2 rings (SSSR count). The predicted molar refractivity (Wildman–Crippen MR) is 65.1 cm³/mol. The van der Waals surface area contributed by atoms with Gasteiger partial charge in [0.1, 0.15) is 0 Å². The van der Waals surface area contributed by atoms with E-state index in [1.807, 2.05) is 6.07 Å². The van der Waals surface area contributed by atoms with Gasteiger partial charge in [0.15, 0.2) is 0 Å². The van der Waals surface area contributed by atoms with Crippen LogP contribution in [-0.4, -0.2) is 11.9 Å². The fourth-order valence-electron chi connectivity index (χ4n) is 2.29. The Balaban J connectivity index is 1.98. The van der Waals surface area contributed by atoms with Crippen LogP contribution in [0.4, 0.5) is 5.69 Å². The van der Waals surface area contributed by atoms with Gasteiger partial charge in [0, 0.05) is 17.3 Å². The summed E-state index contributed by atoms with van der Waals surface area (Å²) in [5, 5.41) is 3.06. The molecule has 16 heavy (non-hydrogen) atoms. The van der Waals surface area contributed by atoms with Crippen molar-refractivity contribution in [3.05, 3.63) is 29.8 Å². The van der Waals surface area contributed by atoms with Crippen LogP contribution in [0.2, 0.25) is 0 Å². The predicted octanol–water partition coefficient (Wildman–Crippen LogP) is 2.19. The molecule has 0 heterocycles. The molecule has 1 aliphatic rings. The van der Waals surface area contributed by atoms with Gasteiger partial charge >= 0.3 is 0 Å². The number of benzene rings is 1. The van der Waals surface area contributed by atoms with E-state index >= 15 is 0 Å². The minimum Gasteiger partial charge on any atom is -0.399 e. The first-order valence-electron chi connectivity index (χ1n) is 5.81. The molecule has 0 bridgehead atoms. The molecule has 86 valence electrons. The van der Waals surface area contributed by atoms with E-state index in [9.17, 15) is 4.79 Å². The quantitative estimate of drug-likeness (QED) is 0.748. The van der Waals surface area contributed by atoms with Crippen LogP contribution in [0.1, 0.15) is 36.5 Å². The number of hydrogen-bond donors (Lipinski definition) is 2. The van der Waals surface area contributed by atoms with Gasteiger partial charge in [-0.15, -0.1) is 0 Å². The number of anilines is 1. The van der Waals surface area contributed by atoms with Crippen molar-refractivity contribution in [1.82, 2.24) is 5.32 Å².